The fourth-order valence-electron chi connectivity index (χ4n) is 4.75. The van der Waals surface area contributed by atoms with Gasteiger partial charge in [0.1, 0.15) is 23.2 Å². The molecule has 1 aliphatic rings. The van der Waals surface area contributed by atoms with Crippen molar-refractivity contribution in [1.29, 1.82) is 0 Å². The number of aromatic nitrogens is 1. The molecule has 0 bridgehead atoms. The van der Waals surface area contributed by atoms with Crippen LogP contribution in [0.25, 0.3) is 22.6 Å². The van der Waals surface area contributed by atoms with E-state index < -0.39 is 35.4 Å². The van der Waals surface area contributed by atoms with Crippen LogP contribution in [0.2, 0.25) is 0 Å². The fraction of sp³-hybridized carbons (Fsp3) is 0.0968. The Kier molecular flexibility index (Phi) is 6.39. The number of hydrogen-bond donors (Lipinski definition) is 0. The molecule has 0 saturated carbocycles. The number of oxazole rings is 1. The van der Waals surface area contributed by atoms with Crippen molar-refractivity contribution in [3.63, 3.8) is 0 Å². The number of para-hydroxylation sites is 2. The van der Waals surface area contributed by atoms with E-state index in [2.05, 4.69) is 4.98 Å². The third-order valence-electron chi connectivity index (χ3n) is 6.78. The number of rotatable bonds is 6. The summed E-state index contributed by atoms with van der Waals surface area (Å²) in [6, 6.07) is 23.3. The second-order valence-corrected chi connectivity index (χ2v) is 9.39. The minimum atomic E-state index is -1.10. The van der Waals surface area contributed by atoms with Gasteiger partial charge in [-0.1, -0.05) is 24.3 Å². The van der Waals surface area contributed by atoms with Crippen LogP contribution in [0.3, 0.4) is 0 Å². The molecule has 9 heteroatoms. The first-order chi connectivity index (χ1) is 19.4. The van der Waals surface area contributed by atoms with Gasteiger partial charge in [-0.2, -0.15) is 0 Å². The summed E-state index contributed by atoms with van der Waals surface area (Å²) in [7, 11) is 0. The molecule has 3 amide bonds. The van der Waals surface area contributed by atoms with Crippen molar-refractivity contribution >= 4 is 34.5 Å². The molecular weight excluding hydrogens is 516 g/mol. The highest BCUT2D eigenvalue weighted by atomic mass is 19.1. The average molecular weight is 538 g/mol. The maximum atomic E-state index is 13.6. The van der Waals surface area contributed by atoms with Crippen LogP contribution in [0.5, 0.6) is 0 Å². The molecule has 1 atom stereocenters. The molecule has 7 nitrogen and oxygen atoms in total. The molecule has 2 heterocycles. The zero-order chi connectivity index (χ0) is 27.8. The van der Waals surface area contributed by atoms with E-state index in [-0.39, 0.29) is 18.5 Å². The van der Waals surface area contributed by atoms with Gasteiger partial charge in [-0.25, -0.2) is 18.7 Å². The second-order valence-electron chi connectivity index (χ2n) is 9.39. The van der Waals surface area contributed by atoms with Gasteiger partial charge in [0.25, 0.3) is 11.8 Å². The first kappa shape index (κ1) is 25.1. The van der Waals surface area contributed by atoms with Crippen molar-refractivity contribution in [2.24, 2.45) is 0 Å². The van der Waals surface area contributed by atoms with Gasteiger partial charge >= 0.3 is 0 Å². The molecule has 198 valence electrons. The third-order valence-corrected chi connectivity index (χ3v) is 6.78. The van der Waals surface area contributed by atoms with E-state index in [4.69, 9.17) is 4.42 Å². The lowest BCUT2D eigenvalue weighted by molar-refractivity contribution is -0.122. The number of anilines is 1. The van der Waals surface area contributed by atoms with Gasteiger partial charge < -0.3 is 9.32 Å². The Morgan fingerprint density at radius 2 is 1.52 bits per heavy atom. The fourth-order valence-corrected chi connectivity index (χ4v) is 4.75. The number of nitrogens with zero attached hydrogens (tertiary/aromatic N) is 3. The van der Waals surface area contributed by atoms with Gasteiger partial charge in [-0.3, -0.25) is 14.4 Å². The SMILES string of the molecule is O=C1CC(N(Cc2ccc(F)cc2)C(=O)c2ccc(F)cc2)C(=O)N1c1ccc(-c2nc3ccccc3o2)cc1. The minimum Gasteiger partial charge on any atom is -0.436 e. The van der Waals surface area contributed by atoms with Gasteiger partial charge in [0, 0.05) is 17.7 Å². The van der Waals surface area contributed by atoms with Crippen LogP contribution in [0.15, 0.2) is 101 Å². The molecule has 0 aliphatic carbocycles. The van der Waals surface area contributed by atoms with Gasteiger partial charge in [0.15, 0.2) is 5.58 Å². The molecule has 1 fully saturated rings. The van der Waals surface area contributed by atoms with Crippen molar-refractivity contribution in [3.8, 4) is 11.5 Å². The van der Waals surface area contributed by atoms with E-state index >= 15 is 0 Å². The topological polar surface area (TPSA) is 83.7 Å². The second kappa shape index (κ2) is 10.2. The summed E-state index contributed by atoms with van der Waals surface area (Å²) in [6.07, 6.45) is -0.236. The molecule has 0 N–H and O–H groups in total. The van der Waals surface area contributed by atoms with Gasteiger partial charge in [-0.15, -0.1) is 0 Å². The van der Waals surface area contributed by atoms with Crippen molar-refractivity contribution in [1.82, 2.24) is 9.88 Å². The summed E-state index contributed by atoms with van der Waals surface area (Å²) in [4.78, 5) is 47.0. The zero-order valence-electron chi connectivity index (χ0n) is 21.0. The lowest BCUT2D eigenvalue weighted by atomic mass is 10.1. The summed E-state index contributed by atoms with van der Waals surface area (Å²) in [6.45, 7) is -0.0509. The molecule has 6 rings (SSSR count). The molecule has 40 heavy (non-hydrogen) atoms. The van der Waals surface area contributed by atoms with Gasteiger partial charge in [0.05, 0.1) is 12.1 Å². The lowest BCUT2D eigenvalue weighted by Crippen LogP contribution is -2.45. The highest BCUT2D eigenvalue weighted by Gasteiger charge is 2.44. The Morgan fingerprint density at radius 1 is 0.875 bits per heavy atom. The summed E-state index contributed by atoms with van der Waals surface area (Å²) >= 11 is 0. The molecule has 0 radical (unpaired) electrons. The quantitative estimate of drug-likeness (QED) is 0.258. The van der Waals surface area contributed by atoms with Crippen molar-refractivity contribution in [2.45, 2.75) is 19.0 Å². The molecule has 1 aromatic heterocycles. The van der Waals surface area contributed by atoms with E-state index in [1.54, 1.807) is 24.3 Å². The van der Waals surface area contributed by atoms with Crippen LogP contribution in [0, 0.1) is 11.6 Å². The maximum Gasteiger partial charge on any atom is 0.257 e. The Bertz CT molecular complexity index is 1700. The molecule has 1 saturated heterocycles. The standard InChI is InChI=1S/C31H21F2N3O4/c32-22-11-5-19(6-12-22)18-35(30(38)21-7-13-23(33)14-8-21)26-17-28(37)36(31(26)39)24-15-9-20(10-16-24)29-34-25-3-1-2-4-27(25)40-29/h1-16,26H,17-18H2. The lowest BCUT2D eigenvalue weighted by Gasteiger charge is -2.28. The monoisotopic (exact) mass is 537 g/mol. The van der Waals surface area contributed by atoms with Crippen LogP contribution in [-0.4, -0.2) is 33.6 Å². The third kappa shape index (κ3) is 4.73. The van der Waals surface area contributed by atoms with E-state index in [0.29, 0.717) is 33.8 Å². The Balaban J connectivity index is 1.29. The van der Waals surface area contributed by atoms with E-state index in [1.165, 1.54) is 41.3 Å². The number of benzene rings is 4. The number of halogens is 2. The highest BCUT2D eigenvalue weighted by molar-refractivity contribution is 6.23. The van der Waals surface area contributed by atoms with E-state index in [0.717, 1.165) is 17.0 Å². The predicted molar refractivity (Wildman–Crippen MR) is 143 cm³/mol. The average Bonchev–Trinajstić information content (AvgIpc) is 3.53. The highest BCUT2D eigenvalue weighted by Crippen LogP contribution is 2.31. The van der Waals surface area contributed by atoms with Crippen LogP contribution in [0.1, 0.15) is 22.3 Å². The zero-order valence-corrected chi connectivity index (χ0v) is 21.0. The van der Waals surface area contributed by atoms with Gasteiger partial charge in [-0.05, 0) is 78.4 Å². The number of carbonyl (C=O) groups is 3. The number of imide groups is 1. The molecule has 0 spiro atoms. The van der Waals surface area contributed by atoms with Crippen LogP contribution < -0.4 is 4.90 Å². The molecule has 1 aliphatic heterocycles. The Labute approximate surface area is 227 Å². The number of hydrogen-bond acceptors (Lipinski definition) is 5. The van der Waals surface area contributed by atoms with Crippen molar-refractivity contribution in [3.05, 3.63) is 120 Å². The smallest absolute Gasteiger partial charge is 0.257 e. The van der Waals surface area contributed by atoms with Crippen LogP contribution in [0.4, 0.5) is 14.5 Å². The Hall–Kier alpha value is -5.18. The summed E-state index contributed by atoms with van der Waals surface area (Å²) in [5, 5.41) is 0. The van der Waals surface area contributed by atoms with Crippen LogP contribution >= 0.6 is 0 Å². The van der Waals surface area contributed by atoms with Crippen molar-refractivity contribution < 1.29 is 27.6 Å². The molecule has 5 aromatic rings. The first-order valence-electron chi connectivity index (χ1n) is 12.5. The van der Waals surface area contributed by atoms with Crippen LogP contribution in [-0.2, 0) is 16.1 Å². The maximum absolute atomic E-state index is 13.6. The van der Waals surface area contributed by atoms with E-state index in [9.17, 15) is 23.2 Å². The molecule has 1 unspecified atom stereocenters. The predicted octanol–water partition coefficient (Wildman–Crippen LogP) is 5.75. The summed E-state index contributed by atoms with van der Waals surface area (Å²) in [5.41, 5.74) is 3.08. The Morgan fingerprint density at radius 3 is 2.20 bits per heavy atom. The number of carbonyl (C=O) groups excluding carboxylic acids is 3. The summed E-state index contributed by atoms with van der Waals surface area (Å²) in [5.74, 6) is -2.15. The first-order valence-corrected chi connectivity index (χ1v) is 12.5. The van der Waals surface area contributed by atoms with Crippen molar-refractivity contribution in [2.75, 3.05) is 4.90 Å². The van der Waals surface area contributed by atoms with E-state index in [1.807, 2.05) is 24.3 Å². The normalized spacial score (nSPS) is 15.2. The summed E-state index contributed by atoms with van der Waals surface area (Å²) < 4.78 is 32.8. The molecular formula is C31H21F2N3O4. The molecule has 4 aromatic carbocycles. The van der Waals surface area contributed by atoms with Gasteiger partial charge in [0.2, 0.25) is 11.8 Å². The minimum absolute atomic E-state index is 0.0509. The largest absolute Gasteiger partial charge is 0.436 e. The number of fused-ring (bicyclic) bond motifs is 1. The number of amides is 3.